The van der Waals surface area contributed by atoms with Crippen molar-refractivity contribution in [2.24, 2.45) is 0 Å². The van der Waals surface area contributed by atoms with Gasteiger partial charge in [0.2, 0.25) is 0 Å². The molecule has 0 fully saturated rings. The highest BCUT2D eigenvalue weighted by atomic mass is 16.5. The lowest BCUT2D eigenvalue weighted by molar-refractivity contribution is -0.687. The lowest BCUT2D eigenvalue weighted by Crippen LogP contribution is -2.33. The van der Waals surface area contributed by atoms with Gasteiger partial charge in [-0.15, -0.1) is 0 Å². The average Bonchev–Trinajstić information content (AvgIpc) is 2.60. The lowest BCUT2D eigenvalue weighted by Gasteiger charge is -2.18. The lowest BCUT2D eigenvalue weighted by atomic mass is 9.87. The van der Waals surface area contributed by atoms with Crippen LogP contribution in [0, 0.1) is 0 Å². The maximum atomic E-state index is 5.41. The Bertz CT molecular complexity index is 877. The summed E-state index contributed by atoms with van der Waals surface area (Å²) in [5, 5.41) is 2.27. The van der Waals surface area contributed by atoms with Crippen molar-refractivity contribution in [1.29, 1.82) is 0 Å². The molecule has 0 spiro atoms. The summed E-state index contributed by atoms with van der Waals surface area (Å²) < 4.78 is 13.0. The van der Waals surface area contributed by atoms with Gasteiger partial charge >= 0.3 is 0 Å². The molecular weight excluding hydrogens is 310 g/mol. The Balaban J connectivity index is 1.89. The molecule has 0 aliphatic rings. The molecule has 0 aliphatic carbocycles. The van der Waals surface area contributed by atoms with Crippen LogP contribution in [0.25, 0.3) is 10.8 Å². The van der Waals surface area contributed by atoms with Crippen LogP contribution in [0.5, 0.6) is 11.5 Å². The molecule has 0 N–H and O–H groups in total. The molecule has 0 radical (unpaired) electrons. The summed E-state index contributed by atoms with van der Waals surface area (Å²) in [6, 6.07) is 15.0. The second-order valence-electron chi connectivity index (χ2n) is 7.40. The van der Waals surface area contributed by atoms with Crippen molar-refractivity contribution in [3.05, 3.63) is 66.0 Å². The molecule has 0 atom stereocenters. The fourth-order valence-corrected chi connectivity index (χ4v) is 2.98. The Morgan fingerprint density at radius 3 is 2.00 bits per heavy atom. The van der Waals surface area contributed by atoms with Crippen LogP contribution in [-0.4, -0.2) is 14.2 Å². The molecule has 3 rings (SSSR count). The molecule has 1 aromatic heterocycles. The molecule has 0 bridgehead atoms. The Kier molecular flexibility index (Phi) is 4.67. The van der Waals surface area contributed by atoms with Crippen LogP contribution >= 0.6 is 0 Å². The van der Waals surface area contributed by atoms with Crippen LogP contribution < -0.4 is 14.0 Å². The minimum Gasteiger partial charge on any atom is -0.493 e. The van der Waals surface area contributed by atoms with E-state index in [4.69, 9.17) is 9.47 Å². The van der Waals surface area contributed by atoms with Gasteiger partial charge in [0.1, 0.15) is 0 Å². The summed E-state index contributed by atoms with van der Waals surface area (Å²) in [7, 11) is 3.32. The monoisotopic (exact) mass is 336 g/mol. The van der Waals surface area contributed by atoms with Crippen molar-refractivity contribution in [2.75, 3.05) is 14.2 Å². The zero-order valence-electron chi connectivity index (χ0n) is 15.7. The zero-order valence-corrected chi connectivity index (χ0v) is 15.7. The van der Waals surface area contributed by atoms with Gasteiger partial charge in [-0.2, -0.15) is 0 Å². The summed E-state index contributed by atoms with van der Waals surface area (Å²) in [5.74, 6) is 1.51. The van der Waals surface area contributed by atoms with Gasteiger partial charge < -0.3 is 9.47 Å². The molecule has 3 aromatic rings. The van der Waals surface area contributed by atoms with E-state index in [-0.39, 0.29) is 5.41 Å². The van der Waals surface area contributed by atoms with Crippen LogP contribution in [-0.2, 0) is 12.0 Å². The first-order valence-electron chi connectivity index (χ1n) is 8.55. The molecule has 3 heteroatoms. The van der Waals surface area contributed by atoms with Crippen molar-refractivity contribution in [1.82, 2.24) is 0 Å². The Labute approximate surface area is 149 Å². The summed E-state index contributed by atoms with van der Waals surface area (Å²) in [6.07, 6.45) is 4.25. The maximum absolute atomic E-state index is 5.41. The quantitative estimate of drug-likeness (QED) is 0.655. The normalized spacial score (nSPS) is 11.6. The van der Waals surface area contributed by atoms with Crippen molar-refractivity contribution in [2.45, 2.75) is 32.7 Å². The fourth-order valence-electron chi connectivity index (χ4n) is 2.98. The summed E-state index contributed by atoms with van der Waals surface area (Å²) in [5.41, 5.74) is 2.83. The van der Waals surface area contributed by atoms with E-state index in [0.29, 0.717) is 0 Å². The smallest absolute Gasteiger partial charge is 0.177 e. The first kappa shape index (κ1) is 17.3. The number of benzene rings is 2. The van der Waals surface area contributed by atoms with E-state index in [2.05, 4.69) is 68.1 Å². The summed E-state index contributed by atoms with van der Waals surface area (Å²) in [4.78, 5) is 0. The Hall–Kier alpha value is -2.55. The first-order valence-corrected chi connectivity index (χ1v) is 8.55. The van der Waals surface area contributed by atoms with Crippen molar-refractivity contribution in [3.8, 4) is 11.5 Å². The topological polar surface area (TPSA) is 22.3 Å². The fraction of sp³-hybridized carbons (Fsp3) is 0.318. The van der Waals surface area contributed by atoms with E-state index in [1.54, 1.807) is 14.2 Å². The number of ether oxygens (including phenoxy) is 2. The van der Waals surface area contributed by atoms with E-state index in [9.17, 15) is 0 Å². The number of aromatic nitrogens is 1. The minimum absolute atomic E-state index is 0.185. The van der Waals surface area contributed by atoms with E-state index >= 15 is 0 Å². The van der Waals surface area contributed by atoms with Gasteiger partial charge in [-0.3, -0.25) is 0 Å². The van der Waals surface area contributed by atoms with Gasteiger partial charge in [-0.1, -0.05) is 45.0 Å². The summed E-state index contributed by atoms with van der Waals surface area (Å²) in [6.45, 7) is 7.56. The molecule has 1 heterocycles. The zero-order chi connectivity index (χ0) is 18.0. The molecule has 25 heavy (non-hydrogen) atoms. The molecule has 2 aromatic carbocycles. The minimum atomic E-state index is 0.185. The van der Waals surface area contributed by atoms with E-state index in [1.165, 1.54) is 11.1 Å². The number of hydrogen-bond donors (Lipinski definition) is 0. The molecular formula is C22H26NO2+. The highest BCUT2D eigenvalue weighted by Gasteiger charge is 2.14. The third-order valence-corrected chi connectivity index (χ3v) is 4.52. The third-order valence-electron chi connectivity index (χ3n) is 4.52. The van der Waals surface area contributed by atoms with Gasteiger partial charge in [0, 0.05) is 17.0 Å². The predicted octanol–water partition coefficient (Wildman–Crippen LogP) is 4.49. The molecule has 0 amide bonds. The molecule has 130 valence electrons. The number of methoxy groups -OCH3 is 2. The second-order valence-corrected chi connectivity index (χ2v) is 7.40. The highest BCUT2D eigenvalue weighted by Crippen LogP contribution is 2.31. The largest absolute Gasteiger partial charge is 0.493 e. The molecule has 0 aliphatic heterocycles. The van der Waals surface area contributed by atoms with Crippen LogP contribution in [0.1, 0.15) is 31.9 Å². The number of fused-ring (bicyclic) bond motifs is 1. The number of hydrogen-bond acceptors (Lipinski definition) is 2. The van der Waals surface area contributed by atoms with Crippen molar-refractivity contribution in [3.63, 3.8) is 0 Å². The number of pyridine rings is 1. The summed E-state index contributed by atoms with van der Waals surface area (Å²) >= 11 is 0. The van der Waals surface area contributed by atoms with Crippen LogP contribution in [0.4, 0.5) is 0 Å². The average molecular weight is 336 g/mol. The molecule has 3 nitrogen and oxygen atoms in total. The molecule has 0 unspecified atom stereocenters. The third kappa shape index (κ3) is 3.76. The standard InChI is InChI=1S/C22H26NO2/c1-22(2,3)19-8-6-16(7-9-19)14-23-11-10-17-12-20(24-4)21(25-5)13-18(17)15-23/h6-13,15H,14H2,1-5H3/q+1. The van der Waals surface area contributed by atoms with Gasteiger partial charge in [-0.05, 0) is 28.5 Å². The van der Waals surface area contributed by atoms with E-state index in [0.717, 1.165) is 28.8 Å². The van der Waals surface area contributed by atoms with Crippen molar-refractivity contribution >= 4 is 10.8 Å². The molecule has 0 saturated carbocycles. The highest BCUT2D eigenvalue weighted by molar-refractivity contribution is 5.84. The van der Waals surface area contributed by atoms with Gasteiger partial charge in [-0.25, -0.2) is 4.57 Å². The Morgan fingerprint density at radius 1 is 0.840 bits per heavy atom. The van der Waals surface area contributed by atoms with Gasteiger partial charge in [0.25, 0.3) is 0 Å². The second kappa shape index (κ2) is 6.75. The Morgan fingerprint density at radius 2 is 1.44 bits per heavy atom. The predicted molar refractivity (Wildman–Crippen MR) is 101 cm³/mol. The first-order chi connectivity index (χ1) is 11.9. The maximum Gasteiger partial charge on any atom is 0.177 e. The van der Waals surface area contributed by atoms with Crippen LogP contribution in [0.2, 0.25) is 0 Å². The van der Waals surface area contributed by atoms with Gasteiger partial charge in [0.05, 0.1) is 14.2 Å². The SMILES string of the molecule is COc1cc2cc[n+](Cc3ccc(C(C)(C)C)cc3)cc2cc1OC. The van der Waals surface area contributed by atoms with Gasteiger partial charge in [0.15, 0.2) is 30.4 Å². The van der Waals surface area contributed by atoms with Crippen molar-refractivity contribution < 1.29 is 14.0 Å². The van der Waals surface area contributed by atoms with Crippen LogP contribution in [0.3, 0.4) is 0 Å². The van der Waals surface area contributed by atoms with E-state index in [1.807, 2.05) is 12.1 Å². The van der Waals surface area contributed by atoms with Crippen LogP contribution in [0.15, 0.2) is 54.9 Å². The molecule has 0 saturated heterocycles. The number of rotatable bonds is 4. The van der Waals surface area contributed by atoms with E-state index < -0.39 is 0 Å². The number of nitrogens with zero attached hydrogens (tertiary/aromatic N) is 1.